The van der Waals surface area contributed by atoms with Crippen LogP contribution in [0.15, 0.2) is 0 Å². The van der Waals surface area contributed by atoms with Crippen LogP contribution in [0.4, 0.5) is 0 Å². The lowest BCUT2D eigenvalue weighted by Crippen LogP contribution is -2.42. The van der Waals surface area contributed by atoms with E-state index in [0.29, 0.717) is 18.4 Å². The van der Waals surface area contributed by atoms with Crippen LogP contribution in [0.1, 0.15) is 32.1 Å². The van der Waals surface area contributed by atoms with Crippen molar-refractivity contribution in [2.24, 2.45) is 17.8 Å². The van der Waals surface area contributed by atoms with E-state index in [-0.39, 0.29) is 12.7 Å². The number of ether oxygens (including phenoxy) is 1. The van der Waals surface area contributed by atoms with Crippen molar-refractivity contribution in [2.45, 2.75) is 38.2 Å². The Hall–Kier alpha value is -0.610. The first kappa shape index (κ1) is 12.4. The quantitative estimate of drug-likeness (QED) is 0.814. The molecule has 2 saturated carbocycles. The Morgan fingerprint density at radius 2 is 1.83 bits per heavy atom. The van der Waals surface area contributed by atoms with Crippen LogP contribution in [-0.4, -0.2) is 48.3 Å². The van der Waals surface area contributed by atoms with Gasteiger partial charge in [-0.05, 0) is 37.5 Å². The smallest absolute Gasteiger partial charge is 0.226 e. The molecule has 1 N–H and O–H groups in total. The number of carbonyl (C=O) groups excluding carboxylic acids is 1. The molecule has 18 heavy (non-hydrogen) atoms. The minimum Gasteiger partial charge on any atom is -0.394 e. The Labute approximate surface area is 108 Å². The highest BCUT2D eigenvalue weighted by atomic mass is 16.5. The van der Waals surface area contributed by atoms with E-state index >= 15 is 0 Å². The van der Waals surface area contributed by atoms with Gasteiger partial charge >= 0.3 is 0 Å². The number of aliphatic hydroxyl groups excluding tert-OH is 1. The van der Waals surface area contributed by atoms with Crippen LogP contribution in [0.2, 0.25) is 0 Å². The van der Waals surface area contributed by atoms with Crippen molar-refractivity contribution < 1.29 is 14.6 Å². The molecule has 0 aromatic carbocycles. The summed E-state index contributed by atoms with van der Waals surface area (Å²) in [6.45, 7) is 2.19. The first-order valence-electron chi connectivity index (χ1n) is 7.32. The number of likely N-dealkylation sites (tertiary alicyclic amines) is 1. The molecule has 3 rings (SSSR count). The second-order valence-electron chi connectivity index (χ2n) is 5.90. The third-order valence-corrected chi connectivity index (χ3v) is 4.89. The van der Waals surface area contributed by atoms with Gasteiger partial charge in [0.1, 0.15) is 0 Å². The molecule has 4 heteroatoms. The monoisotopic (exact) mass is 253 g/mol. The lowest BCUT2D eigenvalue weighted by molar-refractivity contribution is -0.136. The molecule has 0 spiro atoms. The highest BCUT2D eigenvalue weighted by Crippen LogP contribution is 2.58. The van der Waals surface area contributed by atoms with Gasteiger partial charge in [0.15, 0.2) is 0 Å². The lowest BCUT2D eigenvalue weighted by Gasteiger charge is -2.32. The Morgan fingerprint density at radius 3 is 2.44 bits per heavy atom. The number of carbonyl (C=O) groups is 1. The molecule has 0 bridgehead atoms. The molecular formula is C14H23NO3. The van der Waals surface area contributed by atoms with Crippen LogP contribution < -0.4 is 0 Å². The molecule has 2 unspecified atom stereocenters. The zero-order valence-electron chi connectivity index (χ0n) is 10.9. The van der Waals surface area contributed by atoms with Crippen molar-refractivity contribution in [3.63, 3.8) is 0 Å². The minimum absolute atomic E-state index is 0.0879. The largest absolute Gasteiger partial charge is 0.394 e. The summed E-state index contributed by atoms with van der Waals surface area (Å²) < 4.78 is 5.52. The van der Waals surface area contributed by atoms with Gasteiger partial charge in [-0.1, -0.05) is 6.42 Å². The molecule has 1 saturated heterocycles. The van der Waals surface area contributed by atoms with Gasteiger partial charge in [-0.3, -0.25) is 4.79 Å². The highest BCUT2D eigenvalue weighted by Gasteiger charge is 2.57. The van der Waals surface area contributed by atoms with E-state index in [1.807, 2.05) is 4.90 Å². The first-order chi connectivity index (χ1) is 8.81. The summed E-state index contributed by atoms with van der Waals surface area (Å²) in [5.41, 5.74) is 0. The predicted octanol–water partition coefficient (Wildman–Crippen LogP) is 1.03. The second kappa shape index (κ2) is 5.17. The summed E-state index contributed by atoms with van der Waals surface area (Å²) in [5, 5.41) is 8.72. The van der Waals surface area contributed by atoms with Gasteiger partial charge in [-0.2, -0.15) is 0 Å². The Kier molecular flexibility index (Phi) is 3.57. The molecule has 4 nitrogen and oxygen atoms in total. The van der Waals surface area contributed by atoms with E-state index in [1.165, 1.54) is 19.3 Å². The molecule has 0 aromatic rings. The Bertz CT molecular complexity index is 302. The van der Waals surface area contributed by atoms with E-state index in [9.17, 15) is 4.79 Å². The van der Waals surface area contributed by atoms with Gasteiger partial charge in [-0.25, -0.2) is 0 Å². The second-order valence-corrected chi connectivity index (χ2v) is 5.90. The zero-order valence-corrected chi connectivity index (χ0v) is 10.9. The van der Waals surface area contributed by atoms with Gasteiger partial charge < -0.3 is 14.7 Å². The SMILES string of the molecule is O=C(C1C2CCCC21)N1CCC(OCCO)CC1. The summed E-state index contributed by atoms with van der Waals surface area (Å²) in [7, 11) is 0. The normalized spacial score (nSPS) is 35.6. The minimum atomic E-state index is 0.0879. The lowest BCUT2D eigenvalue weighted by atomic mass is 10.1. The van der Waals surface area contributed by atoms with Crippen molar-refractivity contribution >= 4 is 5.91 Å². The maximum absolute atomic E-state index is 12.3. The third-order valence-electron chi connectivity index (χ3n) is 4.89. The fourth-order valence-corrected chi connectivity index (χ4v) is 3.86. The van der Waals surface area contributed by atoms with Crippen molar-refractivity contribution in [2.75, 3.05) is 26.3 Å². The van der Waals surface area contributed by atoms with E-state index < -0.39 is 0 Å². The number of hydrogen-bond acceptors (Lipinski definition) is 3. The first-order valence-corrected chi connectivity index (χ1v) is 7.32. The standard InChI is InChI=1S/C14H23NO3/c16-8-9-18-10-4-6-15(7-5-10)14(17)13-11-2-1-3-12(11)13/h10-13,16H,1-9H2. The molecule has 2 aliphatic carbocycles. The third kappa shape index (κ3) is 2.28. The molecule has 3 fully saturated rings. The molecule has 2 atom stereocenters. The predicted molar refractivity (Wildman–Crippen MR) is 67.0 cm³/mol. The maximum atomic E-state index is 12.3. The maximum Gasteiger partial charge on any atom is 0.226 e. The Balaban J connectivity index is 1.44. The van der Waals surface area contributed by atoms with Crippen molar-refractivity contribution in [1.29, 1.82) is 0 Å². The van der Waals surface area contributed by atoms with Crippen LogP contribution in [0.25, 0.3) is 0 Å². The van der Waals surface area contributed by atoms with Crippen LogP contribution in [-0.2, 0) is 9.53 Å². The summed E-state index contributed by atoms with van der Waals surface area (Å²) in [4.78, 5) is 14.4. The molecule has 3 aliphatic rings. The highest BCUT2D eigenvalue weighted by molar-refractivity contribution is 5.82. The molecule has 102 valence electrons. The number of rotatable bonds is 4. The van der Waals surface area contributed by atoms with Crippen LogP contribution in [0.5, 0.6) is 0 Å². The number of aliphatic hydroxyl groups is 1. The van der Waals surface area contributed by atoms with Crippen molar-refractivity contribution in [3.8, 4) is 0 Å². The summed E-state index contributed by atoms with van der Waals surface area (Å²) in [5.74, 6) is 2.22. The molecule has 1 amide bonds. The van der Waals surface area contributed by atoms with E-state index in [2.05, 4.69) is 0 Å². The molecule has 0 aromatic heterocycles. The summed E-state index contributed by atoms with van der Waals surface area (Å²) in [6, 6.07) is 0. The van der Waals surface area contributed by atoms with Gasteiger partial charge in [0, 0.05) is 19.0 Å². The Morgan fingerprint density at radius 1 is 1.17 bits per heavy atom. The molecule has 1 aliphatic heterocycles. The zero-order chi connectivity index (χ0) is 12.5. The average Bonchev–Trinajstić information content (AvgIpc) is 2.88. The van der Waals surface area contributed by atoms with Gasteiger partial charge in [-0.15, -0.1) is 0 Å². The fraction of sp³-hybridized carbons (Fsp3) is 0.929. The van der Waals surface area contributed by atoms with Gasteiger partial charge in [0.25, 0.3) is 0 Å². The number of piperidine rings is 1. The van der Waals surface area contributed by atoms with Crippen LogP contribution >= 0.6 is 0 Å². The number of amides is 1. The topological polar surface area (TPSA) is 49.8 Å². The van der Waals surface area contributed by atoms with E-state index in [4.69, 9.17) is 9.84 Å². The van der Waals surface area contributed by atoms with Crippen molar-refractivity contribution in [1.82, 2.24) is 4.90 Å². The molecule has 1 heterocycles. The fourth-order valence-electron chi connectivity index (χ4n) is 3.86. The summed E-state index contributed by atoms with van der Waals surface area (Å²) in [6.07, 6.45) is 5.96. The van der Waals surface area contributed by atoms with E-state index in [1.54, 1.807) is 0 Å². The average molecular weight is 253 g/mol. The van der Waals surface area contributed by atoms with Crippen LogP contribution in [0.3, 0.4) is 0 Å². The van der Waals surface area contributed by atoms with E-state index in [0.717, 1.165) is 37.8 Å². The van der Waals surface area contributed by atoms with Gasteiger partial charge in [0.05, 0.1) is 19.3 Å². The number of fused-ring (bicyclic) bond motifs is 1. The van der Waals surface area contributed by atoms with Gasteiger partial charge in [0.2, 0.25) is 5.91 Å². The summed E-state index contributed by atoms with van der Waals surface area (Å²) >= 11 is 0. The number of hydrogen-bond donors (Lipinski definition) is 1. The molecular weight excluding hydrogens is 230 g/mol. The van der Waals surface area contributed by atoms with Crippen molar-refractivity contribution in [3.05, 3.63) is 0 Å². The number of nitrogens with zero attached hydrogens (tertiary/aromatic N) is 1. The van der Waals surface area contributed by atoms with Crippen LogP contribution in [0, 0.1) is 17.8 Å². The molecule has 0 radical (unpaired) electrons.